The molecule has 0 saturated heterocycles. The van der Waals surface area contributed by atoms with E-state index in [1.807, 2.05) is 51.2 Å². The van der Waals surface area contributed by atoms with Gasteiger partial charge in [0.2, 0.25) is 0 Å². The molecular weight excluding hydrogens is 421 g/mol. The van der Waals surface area contributed by atoms with E-state index in [4.69, 9.17) is 15.6 Å². The highest BCUT2D eigenvalue weighted by Crippen LogP contribution is 2.27. The number of aliphatic carboxylic acids is 1. The summed E-state index contributed by atoms with van der Waals surface area (Å²) in [6.45, 7) is 6.31. The molecule has 0 radical (unpaired) electrons. The molecule has 2 heterocycles. The fourth-order valence-electron chi connectivity index (χ4n) is 2.59. The number of aromatic amines is 1. The number of benzene rings is 1. The van der Waals surface area contributed by atoms with Gasteiger partial charge in [-0.15, -0.1) is 11.3 Å². The first-order valence-corrected chi connectivity index (χ1v) is 9.69. The number of nitrogens with two attached hydrogens (primary N) is 1. The average molecular weight is 442 g/mol. The molecular formula is C19H21F3N4O3S. The van der Waals surface area contributed by atoms with Crippen LogP contribution in [0.4, 0.5) is 18.9 Å². The highest BCUT2D eigenvalue weighted by molar-refractivity contribution is 7.14. The quantitative estimate of drug-likeness (QED) is 0.559. The summed E-state index contributed by atoms with van der Waals surface area (Å²) in [5.74, 6) is -2.78. The number of H-pyrrole nitrogens is 1. The minimum absolute atomic E-state index is 0.0238. The maximum atomic E-state index is 13.0. The molecule has 1 aromatic carbocycles. The fourth-order valence-corrected chi connectivity index (χ4v) is 3.55. The SMILES string of the molecule is CCN(C(=O)c1sc(C(C)N)nc1C)c1ccc2[nH]ccc2c1.O=C(O)C(F)(F)F. The van der Waals surface area contributed by atoms with Gasteiger partial charge >= 0.3 is 12.1 Å². The van der Waals surface area contributed by atoms with Crippen LogP contribution in [0.15, 0.2) is 30.5 Å². The molecule has 3 aromatic rings. The van der Waals surface area contributed by atoms with Gasteiger partial charge in [0, 0.05) is 29.3 Å². The summed E-state index contributed by atoms with van der Waals surface area (Å²) < 4.78 is 31.7. The molecule has 0 aliphatic heterocycles. The van der Waals surface area contributed by atoms with E-state index < -0.39 is 12.1 Å². The van der Waals surface area contributed by atoms with E-state index in [0.717, 1.165) is 27.3 Å². The lowest BCUT2D eigenvalue weighted by molar-refractivity contribution is -0.192. The van der Waals surface area contributed by atoms with Crippen LogP contribution in [0.25, 0.3) is 10.9 Å². The van der Waals surface area contributed by atoms with Crippen molar-refractivity contribution in [2.24, 2.45) is 5.73 Å². The Morgan fingerprint density at radius 1 is 1.33 bits per heavy atom. The maximum absolute atomic E-state index is 13.0. The number of carbonyl (C=O) groups excluding carboxylic acids is 1. The van der Waals surface area contributed by atoms with E-state index in [2.05, 4.69) is 9.97 Å². The Kier molecular flexibility index (Phi) is 7.21. The zero-order valence-electron chi connectivity index (χ0n) is 16.4. The predicted octanol–water partition coefficient (Wildman–Crippen LogP) is 4.25. The Morgan fingerprint density at radius 3 is 2.47 bits per heavy atom. The number of alkyl halides is 3. The number of aromatic nitrogens is 2. The fraction of sp³-hybridized carbons (Fsp3) is 0.316. The lowest BCUT2D eigenvalue weighted by Crippen LogP contribution is -2.30. The number of halogens is 3. The summed E-state index contributed by atoms with van der Waals surface area (Å²) in [5, 5.41) is 9.01. The van der Waals surface area contributed by atoms with E-state index >= 15 is 0 Å². The van der Waals surface area contributed by atoms with Crippen molar-refractivity contribution in [1.82, 2.24) is 9.97 Å². The first-order chi connectivity index (χ1) is 14.0. The van der Waals surface area contributed by atoms with Gasteiger partial charge in [-0.2, -0.15) is 13.2 Å². The van der Waals surface area contributed by atoms with E-state index in [1.165, 1.54) is 11.3 Å². The van der Waals surface area contributed by atoms with Crippen molar-refractivity contribution in [3.8, 4) is 0 Å². The summed E-state index contributed by atoms with van der Waals surface area (Å²) >= 11 is 1.39. The molecule has 3 rings (SSSR count). The molecule has 0 aliphatic rings. The number of anilines is 1. The molecule has 1 amide bonds. The summed E-state index contributed by atoms with van der Waals surface area (Å²) in [7, 11) is 0. The van der Waals surface area contributed by atoms with Gasteiger partial charge in [-0.3, -0.25) is 4.79 Å². The molecule has 30 heavy (non-hydrogen) atoms. The highest BCUT2D eigenvalue weighted by Gasteiger charge is 2.38. The number of rotatable bonds is 4. The highest BCUT2D eigenvalue weighted by atomic mass is 32.1. The van der Waals surface area contributed by atoms with Crippen LogP contribution < -0.4 is 10.6 Å². The maximum Gasteiger partial charge on any atom is 0.490 e. The predicted molar refractivity (Wildman–Crippen MR) is 109 cm³/mol. The third kappa shape index (κ3) is 5.36. The van der Waals surface area contributed by atoms with Gasteiger partial charge in [0.05, 0.1) is 11.7 Å². The van der Waals surface area contributed by atoms with Crippen LogP contribution in [0.3, 0.4) is 0 Å². The first kappa shape index (κ1) is 23.4. The van der Waals surface area contributed by atoms with E-state index in [9.17, 15) is 18.0 Å². The molecule has 0 saturated carbocycles. The van der Waals surface area contributed by atoms with E-state index in [0.29, 0.717) is 11.4 Å². The number of aryl methyl sites for hydroxylation is 1. The number of carboxylic acid groups (broad SMARTS) is 1. The summed E-state index contributed by atoms with van der Waals surface area (Å²) in [5.41, 5.74) is 8.58. The van der Waals surface area contributed by atoms with Gasteiger partial charge in [0.1, 0.15) is 9.88 Å². The van der Waals surface area contributed by atoms with Crippen molar-refractivity contribution < 1.29 is 27.9 Å². The van der Waals surface area contributed by atoms with Crippen LogP contribution in [0.2, 0.25) is 0 Å². The third-order valence-corrected chi connectivity index (χ3v) is 5.40. The summed E-state index contributed by atoms with van der Waals surface area (Å²) in [6.07, 6.45) is -3.19. The van der Waals surface area contributed by atoms with Gasteiger partial charge in [-0.05, 0) is 45.0 Å². The molecule has 11 heteroatoms. The normalized spacial score (nSPS) is 12.2. The van der Waals surface area contributed by atoms with Gasteiger partial charge in [-0.25, -0.2) is 9.78 Å². The third-order valence-electron chi connectivity index (χ3n) is 4.05. The molecule has 0 aliphatic carbocycles. The second-order valence-corrected chi connectivity index (χ2v) is 7.39. The number of hydrogen-bond donors (Lipinski definition) is 3. The number of fused-ring (bicyclic) bond motifs is 1. The van der Waals surface area contributed by atoms with Crippen molar-refractivity contribution in [3.05, 3.63) is 46.0 Å². The van der Waals surface area contributed by atoms with Crippen LogP contribution in [-0.2, 0) is 4.79 Å². The van der Waals surface area contributed by atoms with Crippen molar-refractivity contribution in [1.29, 1.82) is 0 Å². The second-order valence-electron chi connectivity index (χ2n) is 6.36. The van der Waals surface area contributed by atoms with Crippen LogP contribution in [0, 0.1) is 6.92 Å². The molecule has 1 unspecified atom stereocenters. The van der Waals surface area contributed by atoms with Gasteiger partial charge < -0.3 is 20.7 Å². The molecule has 0 spiro atoms. The summed E-state index contributed by atoms with van der Waals surface area (Å²) in [4.78, 5) is 31.9. The molecule has 4 N–H and O–H groups in total. The van der Waals surface area contributed by atoms with Crippen LogP contribution >= 0.6 is 11.3 Å². The van der Waals surface area contributed by atoms with Gasteiger partial charge in [0.15, 0.2) is 0 Å². The molecule has 2 aromatic heterocycles. The zero-order valence-corrected chi connectivity index (χ0v) is 17.3. The number of hydrogen-bond acceptors (Lipinski definition) is 5. The molecule has 0 fully saturated rings. The topological polar surface area (TPSA) is 112 Å². The van der Waals surface area contributed by atoms with E-state index in [-0.39, 0.29) is 11.9 Å². The monoisotopic (exact) mass is 442 g/mol. The number of carbonyl (C=O) groups is 2. The summed E-state index contributed by atoms with van der Waals surface area (Å²) in [6, 6.07) is 7.82. The Balaban J connectivity index is 0.000000396. The van der Waals surface area contributed by atoms with Crippen molar-refractivity contribution >= 4 is 39.8 Å². The average Bonchev–Trinajstić information content (AvgIpc) is 3.28. The van der Waals surface area contributed by atoms with Crippen molar-refractivity contribution in [2.45, 2.75) is 33.0 Å². The Bertz CT molecular complexity index is 1040. The standard InChI is InChI=1S/C17H20N4OS.C2HF3O2/c1-4-21(13-5-6-14-12(9-13)7-8-19-14)17(22)15-11(3)20-16(23-15)10(2)18;3-2(4,5)1(6)7/h5-10,19H,4,18H2,1-3H3;(H,6,7). The van der Waals surface area contributed by atoms with Gasteiger partial charge in [-0.1, -0.05) is 0 Å². The number of carboxylic acids is 1. The number of amides is 1. The lowest BCUT2D eigenvalue weighted by Gasteiger charge is -2.20. The van der Waals surface area contributed by atoms with Crippen molar-refractivity contribution in [2.75, 3.05) is 11.4 Å². The first-order valence-electron chi connectivity index (χ1n) is 8.87. The number of nitrogens with one attached hydrogen (secondary N) is 1. The van der Waals surface area contributed by atoms with Crippen molar-refractivity contribution in [3.63, 3.8) is 0 Å². The number of nitrogens with zero attached hydrogens (tertiary/aromatic N) is 2. The minimum Gasteiger partial charge on any atom is -0.475 e. The molecule has 162 valence electrons. The largest absolute Gasteiger partial charge is 0.490 e. The van der Waals surface area contributed by atoms with Crippen LogP contribution in [-0.4, -0.2) is 39.7 Å². The Labute approximate surface area is 174 Å². The van der Waals surface area contributed by atoms with Gasteiger partial charge in [0.25, 0.3) is 5.91 Å². The molecule has 0 bridgehead atoms. The minimum atomic E-state index is -5.08. The smallest absolute Gasteiger partial charge is 0.475 e. The molecule has 1 atom stereocenters. The second kappa shape index (κ2) is 9.26. The van der Waals surface area contributed by atoms with E-state index in [1.54, 1.807) is 4.90 Å². The zero-order chi connectivity index (χ0) is 22.6. The lowest BCUT2D eigenvalue weighted by atomic mass is 10.2. The Hall–Kier alpha value is -2.92. The number of thiazole rings is 1. The van der Waals surface area contributed by atoms with Crippen LogP contribution in [0.1, 0.15) is 40.3 Å². The Morgan fingerprint density at radius 2 is 1.97 bits per heavy atom. The molecule has 7 nitrogen and oxygen atoms in total. The van der Waals surface area contributed by atoms with Crippen LogP contribution in [0.5, 0.6) is 0 Å².